The quantitative estimate of drug-likeness (QED) is 0.468. The first-order valence-corrected chi connectivity index (χ1v) is 7.43. The number of benzene rings is 3. The maximum absolute atomic E-state index is 6.06. The van der Waals surface area contributed by atoms with Crippen molar-refractivity contribution in [1.82, 2.24) is 0 Å². The van der Waals surface area contributed by atoms with E-state index in [2.05, 4.69) is 41.1 Å². The maximum atomic E-state index is 6.06. The highest BCUT2D eigenvalue weighted by molar-refractivity contribution is 6.33. The second-order valence-electron chi connectivity index (χ2n) is 4.86. The molecule has 0 unspecified atom stereocenters. The summed E-state index contributed by atoms with van der Waals surface area (Å²) in [6.45, 7) is 0.456. The fourth-order valence-corrected chi connectivity index (χ4v) is 2.36. The number of rotatable bonds is 2. The molecule has 0 aliphatic rings. The standard InChI is InChI=1S/C20H14ClN/c21-20-10-4-3-9-19(20)15-22-13-5-6-16-11-12-17-7-1-2-8-18(17)14-16/h1-4,7-12,14-15H,13H2/b22-15+. The van der Waals surface area contributed by atoms with Crippen LogP contribution < -0.4 is 0 Å². The van der Waals surface area contributed by atoms with Gasteiger partial charge >= 0.3 is 0 Å². The lowest BCUT2D eigenvalue weighted by atomic mass is 10.1. The monoisotopic (exact) mass is 303 g/mol. The average molecular weight is 304 g/mol. The summed E-state index contributed by atoms with van der Waals surface area (Å²) >= 11 is 6.06. The van der Waals surface area contributed by atoms with Crippen LogP contribution in [0.4, 0.5) is 0 Å². The predicted molar refractivity (Wildman–Crippen MR) is 94.7 cm³/mol. The molecule has 0 amide bonds. The molecule has 0 saturated carbocycles. The van der Waals surface area contributed by atoms with E-state index in [0.717, 1.165) is 11.1 Å². The Kier molecular flexibility index (Phi) is 4.53. The Bertz CT molecular complexity index is 885. The van der Waals surface area contributed by atoms with Gasteiger partial charge in [-0.3, -0.25) is 4.99 Å². The van der Waals surface area contributed by atoms with E-state index in [4.69, 9.17) is 11.6 Å². The molecule has 0 bridgehead atoms. The summed E-state index contributed by atoms with van der Waals surface area (Å²) in [6, 6.07) is 22.1. The van der Waals surface area contributed by atoms with Crippen molar-refractivity contribution in [2.24, 2.45) is 4.99 Å². The lowest BCUT2D eigenvalue weighted by Gasteiger charge is -1.97. The maximum Gasteiger partial charge on any atom is 0.100 e. The molecule has 0 radical (unpaired) electrons. The number of hydrogen-bond donors (Lipinski definition) is 0. The smallest absolute Gasteiger partial charge is 0.100 e. The van der Waals surface area contributed by atoms with Crippen LogP contribution in [0, 0.1) is 11.8 Å². The van der Waals surface area contributed by atoms with Crippen molar-refractivity contribution in [2.45, 2.75) is 0 Å². The summed E-state index contributed by atoms with van der Waals surface area (Å²) in [5.74, 6) is 6.21. The molecule has 3 rings (SSSR count). The van der Waals surface area contributed by atoms with Crippen LogP contribution in [0.15, 0.2) is 71.7 Å². The lowest BCUT2D eigenvalue weighted by Crippen LogP contribution is -1.84. The Morgan fingerprint density at radius 1 is 0.909 bits per heavy atom. The summed E-state index contributed by atoms with van der Waals surface area (Å²) in [5.41, 5.74) is 1.92. The van der Waals surface area contributed by atoms with E-state index in [-0.39, 0.29) is 0 Å². The van der Waals surface area contributed by atoms with Gasteiger partial charge in [-0.25, -0.2) is 0 Å². The molecule has 0 aliphatic carbocycles. The lowest BCUT2D eigenvalue weighted by molar-refractivity contribution is 1.30. The topological polar surface area (TPSA) is 12.4 Å². The summed E-state index contributed by atoms with van der Waals surface area (Å²) in [5, 5.41) is 3.13. The zero-order valence-corrected chi connectivity index (χ0v) is 12.7. The Labute approximate surface area is 135 Å². The van der Waals surface area contributed by atoms with Gasteiger partial charge in [0.2, 0.25) is 0 Å². The molecule has 3 aromatic carbocycles. The fourth-order valence-electron chi connectivity index (χ4n) is 2.18. The molecule has 106 valence electrons. The van der Waals surface area contributed by atoms with Crippen molar-refractivity contribution in [3.05, 3.63) is 82.9 Å². The van der Waals surface area contributed by atoms with Crippen LogP contribution in [-0.2, 0) is 0 Å². The Balaban J connectivity index is 1.68. The summed E-state index contributed by atoms with van der Waals surface area (Å²) < 4.78 is 0. The number of nitrogens with zero attached hydrogens (tertiary/aromatic N) is 1. The first-order valence-electron chi connectivity index (χ1n) is 7.05. The number of halogens is 1. The highest BCUT2D eigenvalue weighted by Gasteiger charge is 1.93. The van der Waals surface area contributed by atoms with Gasteiger partial charge in [0, 0.05) is 22.4 Å². The third kappa shape index (κ3) is 3.55. The molecule has 0 atom stereocenters. The molecule has 0 N–H and O–H groups in total. The van der Waals surface area contributed by atoms with Crippen molar-refractivity contribution < 1.29 is 0 Å². The van der Waals surface area contributed by atoms with E-state index in [1.807, 2.05) is 42.5 Å². The molecule has 0 aliphatic heterocycles. The first kappa shape index (κ1) is 14.4. The summed E-state index contributed by atoms with van der Waals surface area (Å²) in [4.78, 5) is 4.30. The zero-order chi connectivity index (χ0) is 15.2. The third-order valence-electron chi connectivity index (χ3n) is 3.29. The second-order valence-corrected chi connectivity index (χ2v) is 5.26. The van der Waals surface area contributed by atoms with Crippen molar-refractivity contribution in [2.75, 3.05) is 6.54 Å². The van der Waals surface area contributed by atoms with Gasteiger partial charge < -0.3 is 0 Å². The highest BCUT2D eigenvalue weighted by atomic mass is 35.5. The largest absolute Gasteiger partial charge is 0.280 e. The highest BCUT2D eigenvalue weighted by Crippen LogP contribution is 2.15. The van der Waals surface area contributed by atoms with Crippen molar-refractivity contribution >= 4 is 28.6 Å². The minimum Gasteiger partial charge on any atom is -0.280 e. The molecule has 2 heteroatoms. The molecule has 0 saturated heterocycles. The van der Waals surface area contributed by atoms with Crippen LogP contribution in [0.2, 0.25) is 5.02 Å². The fraction of sp³-hybridized carbons (Fsp3) is 0.0500. The minimum atomic E-state index is 0.456. The van der Waals surface area contributed by atoms with Gasteiger partial charge in [-0.2, -0.15) is 0 Å². The second kappa shape index (κ2) is 6.93. The van der Waals surface area contributed by atoms with E-state index in [0.29, 0.717) is 11.6 Å². The van der Waals surface area contributed by atoms with E-state index >= 15 is 0 Å². The Hall–Kier alpha value is -2.56. The normalized spacial score (nSPS) is 10.6. The average Bonchev–Trinajstić information content (AvgIpc) is 2.56. The number of fused-ring (bicyclic) bond motifs is 1. The van der Waals surface area contributed by atoms with E-state index in [1.54, 1.807) is 6.21 Å². The molecular formula is C20H14ClN. The van der Waals surface area contributed by atoms with Crippen LogP contribution in [0.5, 0.6) is 0 Å². The van der Waals surface area contributed by atoms with Crippen LogP contribution in [0.25, 0.3) is 10.8 Å². The molecular weight excluding hydrogens is 290 g/mol. The third-order valence-corrected chi connectivity index (χ3v) is 3.63. The number of aliphatic imine (C=N–C) groups is 1. The minimum absolute atomic E-state index is 0.456. The molecule has 22 heavy (non-hydrogen) atoms. The van der Waals surface area contributed by atoms with E-state index < -0.39 is 0 Å². The van der Waals surface area contributed by atoms with Gasteiger partial charge in [-0.1, -0.05) is 72.0 Å². The van der Waals surface area contributed by atoms with Gasteiger partial charge in [0.1, 0.15) is 6.54 Å². The van der Waals surface area contributed by atoms with Gasteiger partial charge in [0.25, 0.3) is 0 Å². The van der Waals surface area contributed by atoms with Crippen molar-refractivity contribution in [3.63, 3.8) is 0 Å². The molecule has 0 aromatic heterocycles. The molecule has 3 aromatic rings. The first-order chi connectivity index (χ1) is 10.8. The summed E-state index contributed by atoms with van der Waals surface area (Å²) in [6.07, 6.45) is 1.76. The van der Waals surface area contributed by atoms with Crippen molar-refractivity contribution in [3.8, 4) is 11.8 Å². The van der Waals surface area contributed by atoms with E-state index in [1.165, 1.54) is 10.8 Å². The van der Waals surface area contributed by atoms with Crippen LogP contribution in [0.3, 0.4) is 0 Å². The van der Waals surface area contributed by atoms with Gasteiger partial charge in [0.05, 0.1) is 0 Å². The molecule has 1 nitrogen and oxygen atoms in total. The zero-order valence-electron chi connectivity index (χ0n) is 12.0. The van der Waals surface area contributed by atoms with E-state index in [9.17, 15) is 0 Å². The molecule has 0 heterocycles. The number of hydrogen-bond acceptors (Lipinski definition) is 1. The Morgan fingerprint density at radius 2 is 1.68 bits per heavy atom. The van der Waals surface area contributed by atoms with Gasteiger partial charge in [0.15, 0.2) is 0 Å². The SMILES string of the molecule is Clc1ccccc1/C=N/CC#Cc1ccc2ccccc2c1. The summed E-state index contributed by atoms with van der Waals surface area (Å²) in [7, 11) is 0. The predicted octanol–water partition coefficient (Wildman–Crippen LogP) is 4.96. The van der Waals surface area contributed by atoms with Gasteiger partial charge in [-0.05, 0) is 29.0 Å². The molecule has 0 fully saturated rings. The van der Waals surface area contributed by atoms with Crippen LogP contribution in [0.1, 0.15) is 11.1 Å². The van der Waals surface area contributed by atoms with Crippen molar-refractivity contribution in [1.29, 1.82) is 0 Å². The van der Waals surface area contributed by atoms with Crippen LogP contribution >= 0.6 is 11.6 Å². The molecule has 0 spiro atoms. The van der Waals surface area contributed by atoms with Crippen LogP contribution in [-0.4, -0.2) is 12.8 Å². The Morgan fingerprint density at radius 3 is 2.55 bits per heavy atom. The van der Waals surface area contributed by atoms with Gasteiger partial charge in [-0.15, -0.1) is 0 Å².